The van der Waals surface area contributed by atoms with Crippen LogP contribution in [0.3, 0.4) is 0 Å². The second-order valence-corrected chi connectivity index (χ2v) is 6.15. The van der Waals surface area contributed by atoms with Gasteiger partial charge >= 0.3 is 5.97 Å². The minimum absolute atomic E-state index is 0.0157. The highest BCUT2D eigenvalue weighted by Gasteiger charge is 2.17. The Labute approximate surface area is 154 Å². The molecule has 27 heavy (non-hydrogen) atoms. The highest BCUT2D eigenvalue weighted by atomic mass is 19.1. The molecule has 0 radical (unpaired) electrons. The van der Waals surface area contributed by atoms with Gasteiger partial charge in [-0.3, -0.25) is 0 Å². The molecular weight excluding hydrogens is 355 g/mol. The molecule has 2 heterocycles. The van der Waals surface area contributed by atoms with E-state index < -0.39 is 23.9 Å². The lowest BCUT2D eigenvalue weighted by atomic mass is 10.1. The van der Waals surface area contributed by atoms with Gasteiger partial charge in [-0.2, -0.15) is 5.10 Å². The number of benzene rings is 1. The first-order chi connectivity index (χ1) is 12.8. The average Bonchev–Trinajstić information content (AvgIpc) is 3.04. The number of hydrogen-bond donors (Lipinski definition) is 3. The molecule has 0 aliphatic carbocycles. The first-order valence-corrected chi connectivity index (χ1v) is 8.29. The number of nitrogens with one attached hydrogen (secondary N) is 1. The van der Waals surface area contributed by atoms with Gasteiger partial charge < -0.3 is 20.3 Å². The van der Waals surface area contributed by atoms with Crippen molar-refractivity contribution < 1.29 is 24.1 Å². The Morgan fingerprint density at radius 3 is 2.85 bits per heavy atom. The molecule has 0 spiro atoms. The number of ether oxygens (including phenoxy) is 1. The highest BCUT2D eigenvalue weighted by Crippen LogP contribution is 2.28. The number of carboxylic acid groups (broad SMARTS) is 1. The summed E-state index contributed by atoms with van der Waals surface area (Å²) in [6, 6.07) is 5.37. The second-order valence-electron chi connectivity index (χ2n) is 6.15. The summed E-state index contributed by atoms with van der Waals surface area (Å²) < 4.78 is 20.6. The first-order valence-electron chi connectivity index (χ1n) is 8.29. The number of hydrogen-bond acceptors (Lipinski definition) is 6. The summed E-state index contributed by atoms with van der Waals surface area (Å²) in [4.78, 5) is 15.5. The number of anilines is 1. The third-order valence-corrected chi connectivity index (χ3v) is 3.88. The largest absolute Gasteiger partial charge is 0.491 e. The fourth-order valence-corrected chi connectivity index (χ4v) is 2.60. The number of rotatable bonds is 7. The smallest absolute Gasteiger partial charge is 0.341 e. The van der Waals surface area contributed by atoms with Crippen molar-refractivity contribution in [2.45, 2.75) is 26.0 Å². The van der Waals surface area contributed by atoms with E-state index >= 15 is 0 Å². The van der Waals surface area contributed by atoms with Gasteiger partial charge in [0.05, 0.1) is 18.3 Å². The predicted molar refractivity (Wildman–Crippen MR) is 95.6 cm³/mol. The molecule has 3 rings (SSSR count). The van der Waals surface area contributed by atoms with Crippen LogP contribution < -0.4 is 10.1 Å². The number of carbonyl (C=O) groups is 1. The zero-order valence-electron chi connectivity index (χ0n) is 14.8. The van der Waals surface area contributed by atoms with Crippen LogP contribution in [-0.4, -0.2) is 43.5 Å². The van der Waals surface area contributed by atoms with E-state index in [0.717, 1.165) is 0 Å². The lowest BCUT2D eigenvalue weighted by molar-refractivity contribution is 0.0698. The molecule has 2 unspecified atom stereocenters. The van der Waals surface area contributed by atoms with Crippen LogP contribution in [0.25, 0.3) is 5.65 Å². The fourth-order valence-electron chi connectivity index (χ4n) is 2.60. The predicted octanol–water partition coefficient (Wildman–Crippen LogP) is 2.50. The Kier molecular flexibility index (Phi) is 5.22. The number of aliphatic hydroxyl groups excluding tert-OH is 1. The number of halogens is 1. The normalized spacial score (nSPS) is 13.3. The van der Waals surface area contributed by atoms with Crippen LogP contribution in [0.15, 0.2) is 36.7 Å². The number of aliphatic hydroxyl groups is 1. The summed E-state index contributed by atoms with van der Waals surface area (Å²) in [6.45, 7) is 3.47. The van der Waals surface area contributed by atoms with Crippen LogP contribution in [0.4, 0.5) is 10.2 Å². The van der Waals surface area contributed by atoms with E-state index in [-0.39, 0.29) is 17.8 Å². The van der Waals surface area contributed by atoms with Crippen molar-refractivity contribution >= 4 is 17.4 Å². The summed E-state index contributed by atoms with van der Waals surface area (Å²) in [5, 5.41) is 25.6. The van der Waals surface area contributed by atoms with Gasteiger partial charge in [-0.05, 0) is 38.1 Å². The minimum Gasteiger partial charge on any atom is -0.491 e. The Morgan fingerprint density at radius 1 is 1.37 bits per heavy atom. The van der Waals surface area contributed by atoms with Crippen molar-refractivity contribution in [1.82, 2.24) is 14.6 Å². The lowest BCUT2D eigenvalue weighted by Crippen LogP contribution is -2.16. The Balaban J connectivity index is 1.87. The van der Waals surface area contributed by atoms with Gasteiger partial charge in [-0.1, -0.05) is 0 Å². The van der Waals surface area contributed by atoms with Gasteiger partial charge in [0.1, 0.15) is 29.6 Å². The van der Waals surface area contributed by atoms with E-state index in [1.54, 1.807) is 26.1 Å². The van der Waals surface area contributed by atoms with Crippen molar-refractivity contribution in [2.75, 3.05) is 11.9 Å². The number of nitrogens with zero attached hydrogens (tertiary/aromatic N) is 3. The lowest BCUT2D eigenvalue weighted by Gasteiger charge is -2.19. The SMILES string of the molecule is CC(O)COc1ccc(F)cc1C(C)Nc1ccn2ncc(C(=O)O)c2n1. The quantitative estimate of drug-likeness (QED) is 0.583. The van der Waals surface area contributed by atoms with Crippen LogP contribution in [-0.2, 0) is 0 Å². The van der Waals surface area contributed by atoms with Gasteiger partial charge in [-0.15, -0.1) is 0 Å². The summed E-state index contributed by atoms with van der Waals surface area (Å²) in [5.74, 6) is -0.699. The number of aromatic carboxylic acids is 1. The summed E-state index contributed by atoms with van der Waals surface area (Å²) >= 11 is 0. The van der Waals surface area contributed by atoms with Crippen molar-refractivity contribution in [1.29, 1.82) is 0 Å². The van der Waals surface area contributed by atoms with E-state index in [2.05, 4.69) is 15.4 Å². The molecule has 9 heteroatoms. The van der Waals surface area contributed by atoms with Gasteiger partial charge in [0.2, 0.25) is 0 Å². The topological polar surface area (TPSA) is 109 Å². The molecule has 0 aliphatic heterocycles. The molecule has 1 aromatic carbocycles. The van der Waals surface area contributed by atoms with E-state index in [1.165, 1.54) is 28.9 Å². The second kappa shape index (κ2) is 7.58. The van der Waals surface area contributed by atoms with Crippen molar-refractivity contribution in [2.24, 2.45) is 0 Å². The average molecular weight is 374 g/mol. The third kappa shape index (κ3) is 4.14. The molecule has 2 atom stereocenters. The molecule has 0 fully saturated rings. The summed E-state index contributed by atoms with van der Waals surface area (Å²) in [7, 11) is 0. The maximum atomic E-state index is 13.7. The number of carboxylic acids is 1. The summed E-state index contributed by atoms with van der Waals surface area (Å²) in [5.41, 5.74) is 0.729. The fraction of sp³-hybridized carbons (Fsp3) is 0.278. The van der Waals surface area contributed by atoms with Gasteiger partial charge in [-0.25, -0.2) is 18.7 Å². The van der Waals surface area contributed by atoms with E-state index in [4.69, 9.17) is 4.74 Å². The first kappa shape index (κ1) is 18.6. The van der Waals surface area contributed by atoms with Crippen molar-refractivity contribution in [3.8, 4) is 5.75 Å². The highest BCUT2D eigenvalue weighted by molar-refractivity contribution is 5.94. The van der Waals surface area contributed by atoms with Crippen LogP contribution in [0.1, 0.15) is 35.8 Å². The van der Waals surface area contributed by atoms with Gasteiger partial charge in [0, 0.05) is 11.8 Å². The monoisotopic (exact) mass is 374 g/mol. The third-order valence-electron chi connectivity index (χ3n) is 3.88. The molecule has 3 N–H and O–H groups in total. The van der Waals surface area contributed by atoms with Crippen LogP contribution in [0.5, 0.6) is 5.75 Å². The van der Waals surface area contributed by atoms with E-state index in [1.807, 2.05) is 0 Å². The van der Waals surface area contributed by atoms with Gasteiger partial charge in [0.15, 0.2) is 5.65 Å². The molecule has 0 bridgehead atoms. The molecule has 0 amide bonds. The molecule has 2 aromatic heterocycles. The Bertz CT molecular complexity index is 973. The maximum Gasteiger partial charge on any atom is 0.341 e. The molecule has 142 valence electrons. The Hall–Kier alpha value is -3.20. The zero-order chi connectivity index (χ0) is 19.6. The minimum atomic E-state index is -1.12. The molecule has 8 nitrogen and oxygen atoms in total. The van der Waals surface area contributed by atoms with Crippen LogP contribution >= 0.6 is 0 Å². The molecule has 0 saturated carbocycles. The number of fused-ring (bicyclic) bond motifs is 1. The van der Waals surface area contributed by atoms with Crippen molar-refractivity contribution in [3.05, 3.63) is 53.6 Å². The Morgan fingerprint density at radius 2 is 2.15 bits per heavy atom. The van der Waals surface area contributed by atoms with Gasteiger partial charge in [0.25, 0.3) is 0 Å². The molecule has 3 aromatic rings. The van der Waals surface area contributed by atoms with Crippen molar-refractivity contribution in [3.63, 3.8) is 0 Å². The van der Waals surface area contributed by atoms with Crippen LogP contribution in [0, 0.1) is 5.82 Å². The summed E-state index contributed by atoms with van der Waals surface area (Å²) in [6.07, 6.45) is 2.15. The molecular formula is C18H19FN4O4. The van der Waals surface area contributed by atoms with E-state index in [0.29, 0.717) is 17.1 Å². The van der Waals surface area contributed by atoms with Crippen LogP contribution in [0.2, 0.25) is 0 Å². The van der Waals surface area contributed by atoms with E-state index in [9.17, 15) is 19.4 Å². The molecule has 0 saturated heterocycles. The molecule has 0 aliphatic rings. The number of aromatic nitrogens is 3. The maximum absolute atomic E-state index is 13.7. The standard InChI is InChI=1S/C18H19FN4O4/c1-10(24)9-27-15-4-3-12(19)7-13(15)11(2)21-16-5-6-23-17(22-16)14(8-20-23)18(25)26/h3-8,10-11,24H,9H2,1-2H3,(H,21,22)(H,25,26). The zero-order valence-corrected chi connectivity index (χ0v) is 14.8.